The fourth-order valence-electron chi connectivity index (χ4n) is 2.01. The van der Waals surface area contributed by atoms with E-state index < -0.39 is 10.0 Å². The van der Waals surface area contributed by atoms with Crippen molar-refractivity contribution in [1.82, 2.24) is 0 Å². The minimum absolute atomic E-state index is 0.0244. The normalized spacial score (nSPS) is 11.3. The quantitative estimate of drug-likeness (QED) is 0.686. The molecule has 0 aliphatic carbocycles. The molecule has 0 aromatic heterocycles. The summed E-state index contributed by atoms with van der Waals surface area (Å²) in [6, 6.07) is 9.03. The largest absolute Gasteiger partial charge is 0.508 e. The van der Waals surface area contributed by atoms with Gasteiger partial charge in [0.2, 0.25) is 10.0 Å². The van der Waals surface area contributed by atoms with E-state index in [9.17, 15) is 18.6 Å². The van der Waals surface area contributed by atoms with Gasteiger partial charge in [-0.05, 0) is 36.8 Å². The van der Waals surface area contributed by atoms with Gasteiger partial charge in [0.1, 0.15) is 11.5 Å². The van der Waals surface area contributed by atoms with E-state index >= 15 is 0 Å². The number of phenols is 2. The van der Waals surface area contributed by atoms with Gasteiger partial charge >= 0.3 is 0 Å². The predicted octanol–water partition coefficient (Wildman–Crippen LogP) is 1.67. The van der Waals surface area contributed by atoms with Gasteiger partial charge in [-0.25, -0.2) is 13.6 Å². The Morgan fingerprint density at radius 1 is 1.19 bits per heavy atom. The number of nitrogens with one attached hydrogen (secondary N) is 1. The van der Waals surface area contributed by atoms with E-state index in [-0.39, 0.29) is 22.9 Å². The second-order valence-electron chi connectivity index (χ2n) is 4.64. The highest BCUT2D eigenvalue weighted by Crippen LogP contribution is 2.26. The fraction of sp³-hybridized carbons (Fsp3) is 0.143. The van der Waals surface area contributed by atoms with Crippen LogP contribution in [0.3, 0.4) is 0 Å². The van der Waals surface area contributed by atoms with Gasteiger partial charge in [0.25, 0.3) is 0 Å². The number of anilines is 1. The summed E-state index contributed by atoms with van der Waals surface area (Å²) in [7, 11) is -3.78. The summed E-state index contributed by atoms with van der Waals surface area (Å²) < 4.78 is 22.9. The van der Waals surface area contributed by atoms with Crippen LogP contribution in [0.1, 0.15) is 11.1 Å². The van der Waals surface area contributed by atoms with Crippen LogP contribution in [0.4, 0.5) is 5.69 Å². The Balaban J connectivity index is 2.25. The van der Waals surface area contributed by atoms with E-state index in [1.807, 2.05) is 0 Å². The van der Waals surface area contributed by atoms with Crippen molar-refractivity contribution in [1.29, 1.82) is 0 Å². The third kappa shape index (κ3) is 3.45. The van der Waals surface area contributed by atoms with E-state index in [2.05, 4.69) is 5.32 Å². The minimum atomic E-state index is -3.78. The maximum absolute atomic E-state index is 11.5. The van der Waals surface area contributed by atoms with Crippen molar-refractivity contribution in [3.05, 3.63) is 47.5 Å². The number of phenolic OH excluding ortho intramolecular Hbond substituents is 2. The topological polar surface area (TPSA) is 113 Å². The molecule has 6 nitrogen and oxygen atoms in total. The molecule has 0 saturated heterocycles. The molecule has 0 heterocycles. The van der Waals surface area contributed by atoms with Gasteiger partial charge in [0, 0.05) is 23.9 Å². The highest BCUT2D eigenvalue weighted by atomic mass is 32.2. The first kappa shape index (κ1) is 15.1. The fourth-order valence-corrected chi connectivity index (χ4v) is 2.81. The lowest BCUT2D eigenvalue weighted by molar-refractivity contribution is 0.446. The summed E-state index contributed by atoms with van der Waals surface area (Å²) in [6.45, 7) is 1.93. The lowest BCUT2D eigenvalue weighted by atomic mass is 10.1. The SMILES string of the molecule is Cc1c(NCc2ccc(O)cc2O)cccc1S(N)(=O)=O. The Kier molecular flexibility index (Phi) is 4.06. The molecular weight excluding hydrogens is 292 g/mol. The summed E-state index contributed by atoms with van der Waals surface area (Å²) in [5.74, 6) is -0.0635. The number of hydrogen-bond donors (Lipinski definition) is 4. The lowest BCUT2D eigenvalue weighted by Gasteiger charge is -2.13. The highest BCUT2D eigenvalue weighted by molar-refractivity contribution is 7.89. The van der Waals surface area contributed by atoms with Gasteiger partial charge in [-0.2, -0.15) is 0 Å². The average Bonchev–Trinajstić information content (AvgIpc) is 2.38. The van der Waals surface area contributed by atoms with E-state index in [1.54, 1.807) is 25.1 Å². The number of hydrogen-bond acceptors (Lipinski definition) is 5. The molecule has 112 valence electrons. The summed E-state index contributed by atoms with van der Waals surface area (Å²) in [6.07, 6.45) is 0. The van der Waals surface area contributed by atoms with Crippen molar-refractivity contribution in [3.63, 3.8) is 0 Å². The van der Waals surface area contributed by atoms with Crippen molar-refractivity contribution >= 4 is 15.7 Å². The van der Waals surface area contributed by atoms with Crippen LogP contribution in [0, 0.1) is 6.92 Å². The highest BCUT2D eigenvalue weighted by Gasteiger charge is 2.13. The molecule has 5 N–H and O–H groups in total. The van der Waals surface area contributed by atoms with Crippen molar-refractivity contribution in [2.24, 2.45) is 5.14 Å². The molecule has 0 aliphatic rings. The monoisotopic (exact) mass is 308 g/mol. The molecule has 0 unspecified atom stereocenters. The molecule has 2 aromatic carbocycles. The maximum atomic E-state index is 11.5. The van der Waals surface area contributed by atoms with Gasteiger partial charge in [0.15, 0.2) is 0 Å². The number of sulfonamides is 1. The van der Waals surface area contributed by atoms with Crippen molar-refractivity contribution in [2.75, 3.05) is 5.32 Å². The molecule has 21 heavy (non-hydrogen) atoms. The second kappa shape index (κ2) is 5.63. The molecule has 2 aromatic rings. The summed E-state index contributed by atoms with van der Waals surface area (Å²) in [5.41, 5.74) is 1.69. The molecule has 2 rings (SSSR count). The third-order valence-electron chi connectivity index (χ3n) is 3.13. The molecule has 0 atom stereocenters. The van der Waals surface area contributed by atoms with Crippen LogP contribution in [-0.4, -0.2) is 18.6 Å². The molecule has 0 radical (unpaired) electrons. The number of primary sulfonamides is 1. The zero-order chi connectivity index (χ0) is 15.6. The number of nitrogens with two attached hydrogens (primary N) is 1. The lowest BCUT2D eigenvalue weighted by Crippen LogP contribution is -2.14. The van der Waals surface area contributed by atoms with E-state index in [0.29, 0.717) is 16.8 Å². The van der Waals surface area contributed by atoms with Crippen molar-refractivity contribution < 1.29 is 18.6 Å². The van der Waals surface area contributed by atoms with Crippen LogP contribution in [0.15, 0.2) is 41.3 Å². The smallest absolute Gasteiger partial charge is 0.238 e. The Hall–Kier alpha value is -2.25. The molecule has 0 aliphatic heterocycles. The Morgan fingerprint density at radius 2 is 1.90 bits per heavy atom. The van der Waals surface area contributed by atoms with E-state index in [1.165, 1.54) is 18.2 Å². The van der Waals surface area contributed by atoms with Gasteiger partial charge in [-0.3, -0.25) is 0 Å². The number of aromatic hydroxyl groups is 2. The Morgan fingerprint density at radius 3 is 2.52 bits per heavy atom. The number of rotatable bonds is 4. The van der Waals surface area contributed by atoms with E-state index in [4.69, 9.17) is 5.14 Å². The molecule has 7 heteroatoms. The average molecular weight is 308 g/mol. The van der Waals surface area contributed by atoms with Crippen LogP contribution in [-0.2, 0) is 16.6 Å². The molecule has 0 saturated carbocycles. The Bertz CT molecular complexity index is 773. The molecular formula is C14H16N2O4S. The first-order valence-corrected chi connectivity index (χ1v) is 7.71. The van der Waals surface area contributed by atoms with Gasteiger partial charge in [0.05, 0.1) is 4.90 Å². The number of benzene rings is 2. The Labute approximate surface area is 122 Å². The molecule has 0 fully saturated rings. The van der Waals surface area contributed by atoms with E-state index in [0.717, 1.165) is 0 Å². The standard InChI is InChI=1S/C14H16N2O4S/c1-9-12(3-2-4-14(9)21(15,19)20)16-8-10-5-6-11(17)7-13(10)18/h2-7,16-18H,8H2,1H3,(H2,15,19,20). The van der Waals surface area contributed by atoms with Crippen LogP contribution in [0.5, 0.6) is 11.5 Å². The maximum Gasteiger partial charge on any atom is 0.238 e. The van der Waals surface area contributed by atoms with Crippen molar-refractivity contribution in [3.8, 4) is 11.5 Å². The first-order chi connectivity index (χ1) is 9.79. The van der Waals surface area contributed by atoms with Gasteiger partial charge < -0.3 is 15.5 Å². The second-order valence-corrected chi connectivity index (χ2v) is 6.17. The predicted molar refractivity (Wildman–Crippen MR) is 79.7 cm³/mol. The molecule has 0 spiro atoms. The third-order valence-corrected chi connectivity index (χ3v) is 4.18. The van der Waals surface area contributed by atoms with Gasteiger partial charge in [-0.15, -0.1) is 0 Å². The van der Waals surface area contributed by atoms with Gasteiger partial charge in [-0.1, -0.05) is 6.07 Å². The molecule has 0 bridgehead atoms. The summed E-state index contributed by atoms with van der Waals surface area (Å²) in [4.78, 5) is 0.0578. The zero-order valence-electron chi connectivity index (χ0n) is 11.4. The first-order valence-electron chi connectivity index (χ1n) is 6.16. The van der Waals surface area contributed by atoms with Crippen molar-refractivity contribution in [2.45, 2.75) is 18.4 Å². The van der Waals surface area contributed by atoms with Crippen LogP contribution < -0.4 is 10.5 Å². The zero-order valence-corrected chi connectivity index (χ0v) is 12.2. The van der Waals surface area contributed by atoms with Crippen LogP contribution in [0.25, 0.3) is 0 Å². The molecule has 0 amide bonds. The van der Waals surface area contributed by atoms with Crippen LogP contribution >= 0.6 is 0 Å². The minimum Gasteiger partial charge on any atom is -0.508 e. The summed E-state index contributed by atoms with van der Waals surface area (Å²) in [5, 5.41) is 27.1. The summed E-state index contributed by atoms with van der Waals surface area (Å²) >= 11 is 0. The van der Waals surface area contributed by atoms with Crippen LogP contribution in [0.2, 0.25) is 0 Å².